The van der Waals surface area contributed by atoms with Crippen molar-refractivity contribution in [3.8, 4) is 16.9 Å². The van der Waals surface area contributed by atoms with Gasteiger partial charge in [0, 0.05) is 24.8 Å². The van der Waals surface area contributed by atoms with Crippen molar-refractivity contribution in [3.05, 3.63) is 84.2 Å². The second-order valence-corrected chi connectivity index (χ2v) is 9.95. The summed E-state index contributed by atoms with van der Waals surface area (Å²) in [6.07, 6.45) is 3.51. The predicted molar refractivity (Wildman–Crippen MR) is 140 cm³/mol. The van der Waals surface area contributed by atoms with Gasteiger partial charge in [0.15, 0.2) is 0 Å². The second-order valence-electron chi connectivity index (χ2n) is 9.95. The van der Waals surface area contributed by atoms with Gasteiger partial charge < -0.3 is 24.4 Å². The van der Waals surface area contributed by atoms with Crippen LogP contribution in [0, 0.1) is 0 Å². The van der Waals surface area contributed by atoms with Crippen LogP contribution in [0.15, 0.2) is 73.1 Å². The highest BCUT2D eigenvalue weighted by Gasteiger charge is 2.34. The van der Waals surface area contributed by atoms with E-state index in [1.807, 2.05) is 81.4 Å². The molecule has 0 radical (unpaired) electrons. The number of likely N-dealkylation sites (tertiary alicyclic amines) is 1. The first-order valence-corrected chi connectivity index (χ1v) is 12.4. The van der Waals surface area contributed by atoms with Crippen LogP contribution < -0.4 is 10.1 Å². The number of pyridine rings is 1. The molecule has 1 aliphatic heterocycles. The predicted octanol–water partition coefficient (Wildman–Crippen LogP) is 5.56. The van der Waals surface area contributed by atoms with Gasteiger partial charge in [-0.25, -0.2) is 9.59 Å². The molecule has 0 bridgehead atoms. The third kappa shape index (κ3) is 7.70. The molecule has 2 heterocycles. The maximum atomic E-state index is 12.5. The maximum Gasteiger partial charge on any atom is 0.410 e. The van der Waals surface area contributed by atoms with Gasteiger partial charge in [0.2, 0.25) is 0 Å². The summed E-state index contributed by atoms with van der Waals surface area (Å²) in [5.74, 6) is 0.624. The Morgan fingerprint density at radius 3 is 2.51 bits per heavy atom. The Labute approximate surface area is 217 Å². The zero-order valence-corrected chi connectivity index (χ0v) is 21.5. The highest BCUT2D eigenvalue weighted by Crippen LogP contribution is 2.25. The number of carbonyl (C=O) groups excluding carboxylic acids is 2. The Kier molecular flexibility index (Phi) is 8.28. The van der Waals surface area contributed by atoms with Gasteiger partial charge in [-0.1, -0.05) is 48.5 Å². The summed E-state index contributed by atoms with van der Waals surface area (Å²) in [6.45, 7) is 7.11. The van der Waals surface area contributed by atoms with E-state index in [1.54, 1.807) is 17.3 Å². The third-order valence-corrected chi connectivity index (χ3v) is 5.84. The van der Waals surface area contributed by atoms with Gasteiger partial charge in [-0.05, 0) is 56.0 Å². The van der Waals surface area contributed by atoms with E-state index in [4.69, 9.17) is 14.2 Å². The van der Waals surface area contributed by atoms with E-state index >= 15 is 0 Å². The van der Waals surface area contributed by atoms with Crippen molar-refractivity contribution in [1.82, 2.24) is 15.2 Å². The Bertz CT molecular complexity index is 1210. The Morgan fingerprint density at radius 1 is 1.00 bits per heavy atom. The van der Waals surface area contributed by atoms with E-state index in [-0.39, 0.29) is 18.7 Å². The lowest BCUT2D eigenvalue weighted by molar-refractivity contribution is 0.0259. The highest BCUT2D eigenvalue weighted by atomic mass is 16.6. The molecule has 8 heteroatoms. The highest BCUT2D eigenvalue weighted by molar-refractivity contribution is 5.69. The van der Waals surface area contributed by atoms with Crippen molar-refractivity contribution in [2.24, 2.45) is 0 Å². The maximum absolute atomic E-state index is 12.5. The van der Waals surface area contributed by atoms with Gasteiger partial charge in [0.05, 0.1) is 12.2 Å². The molecule has 1 aromatic heterocycles. The molecule has 1 aliphatic rings. The fraction of sp³-hybridized carbons (Fsp3) is 0.345. The minimum absolute atomic E-state index is 0.0332. The van der Waals surface area contributed by atoms with Crippen molar-refractivity contribution in [2.45, 2.75) is 52.0 Å². The molecule has 37 heavy (non-hydrogen) atoms. The van der Waals surface area contributed by atoms with Gasteiger partial charge in [-0.15, -0.1) is 0 Å². The Morgan fingerprint density at radius 2 is 1.78 bits per heavy atom. The molecule has 1 atom stereocenters. The third-order valence-electron chi connectivity index (χ3n) is 5.84. The summed E-state index contributed by atoms with van der Waals surface area (Å²) in [7, 11) is 0. The number of ether oxygens (including phenoxy) is 3. The standard InChI is InChI=1S/C29H33N3O5/c1-29(2,3)37-27(33)31-16-22-10-7-11-23(14-22)24-15-26(18-30-17-24)35-20-25-12-13-32(25)28(34)36-19-21-8-5-4-6-9-21/h4-11,14-15,17-18,25H,12-13,16,19-20H2,1-3H3,(H,31,33). The van der Waals surface area contributed by atoms with Gasteiger partial charge in [0.1, 0.15) is 24.6 Å². The largest absolute Gasteiger partial charge is 0.490 e. The van der Waals surface area contributed by atoms with E-state index in [9.17, 15) is 9.59 Å². The molecule has 1 fully saturated rings. The SMILES string of the molecule is CC(C)(C)OC(=O)NCc1cccc(-c2cncc(OCC3CCN3C(=O)OCc3ccccc3)c2)c1. The van der Waals surface area contributed by atoms with Gasteiger partial charge >= 0.3 is 12.2 Å². The molecular formula is C29H33N3O5. The summed E-state index contributed by atoms with van der Waals surface area (Å²) in [4.78, 5) is 30.4. The summed E-state index contributed by atoms with van der Waals surface area (Å²) in [5.41, 5.74) is 3.20. The van der Waals surface area contributed by atoms with Crippen LogP contribution >= 0.6 is 0 Å². The minimum atomic E-state index is -0.545. The van der Waals surface area contributed by atoms with E-state index in [0.29, 0.717) is 25.4 Å². The van der Waals surface area contributed by atoms with Crippen LogP contribution in [0.4, 0.5) is 9.59 Å². The normalized spacial score (nSPS) is 14.9. The average molecular weight is 504 g/mol. The first-order chi connectivity index (χ1) is 17.8. The number of nitrogens with one attached hydrogen (secondary N) is 1. The molecular weight excluding hydrogens is 470 g/mol. The molecule has 1 unspecified atom stereocenters. The van der Waals surface area contributed by atoms with Crippen LogP contribution in [0.5, 0.6) is 5.75 Å². The van der Waals surface area contributed by atoms with Gasteiger partial charge in [-0.3, -0.25) is 4.98 Å². The number of amides is 2. The molecule has 0 aliphatic carbocycles. The number of nitrogens with zero attached hydrogens (tertiary/aromatic N) is 2. The fourth-order valence-electron chi connectivity index (χ4n) is 3.85. The van der Waals surface area contributed by atoms with E-state index in [1.165, 1.54) is 0 Å². The molecule has 2 aromatic carbocycles. The van der Waals surface area contributed by atoms with E-state index in [0.717, 1.165) is 28.7 Å². The topological polar surface area (TPSA) is 90.0 Å². The number of alkyl carbamates (subject to hydrolysis) is 1. The number of rotatable bonds is 8. The molecule has 194 valence electrons. The van der Waals surface area contributed by atoms with Crippen LogP contribution in [0.25, 0.3) is 11.1 Å². The van der Waals surface area contributed by atoms with Crippen molar-refractivity contribution in [2.75, 3.05) is 13.2 Å². The first-order valence-electron chi connectivity index (χ1n) is 12.4. The molecule has 3 aromatic rings. The molecule has 0 spiro atoms. The monoisotopic (exact) mass is 503 g/mol. The second kappa shape index (κ2) is 11.8. The lowest BCUT2D eigenvalue weighted by Crippen LogP contribution is -2.54. The van der Waals surface area contributed by atoms with E-state index in [2.05, 4.69) is 10.3 Å². The number of carbonyl (C=O) groups is 2. The molecule has 1 N–H and O–H groups in total. The van der Waals surface area contributed by atoms with Crippen LogP contribution in [0.2, 0.25) is 0 Å². The average Bonchev–Trinajstić information content (AvgIpc) is 2.86. The lowest BCUT2D eigenvalue weighted by Gasteiger charge is -2.39. The fourth-order valence-corrected chi connectivity index (χ4v) is 3.85. The van der Waals surface area contributed by atoms with Crippen molar-refractivity contribution in [1.29, 1.82) is 0 Å². The molecule has 4 rings (SSSR count). The van der Waals surface area contributed by atoms with Gasteiger partial charge in [0.25, 0.3) is 0 Å². The Hall–Kier alpha value is -4.07. The number of hydrogen-bond acceptors (Lipinski definition) is 6. The van der Waals surface area contributed by atoms with Crippen molar-refractivity contribution < 1.29 is 23.8 Å². The Balaban J connectivity index is 1.29. The number of hydrogen-bond donors (Lipinski definition) is 1. The zero-order valence-electron chi connectivity index (χ0n) is 21.5. The summed E-state index contributed by atoms with van der Waals surface area (Å²) in [6, 6.07) is 19.4. The van der Waals surface area contributed by atoms with Crippen LogP contribution in [-0.4, -0.2) is 46.9 Å². The molecule has 0 saturated carbocycles. The number of benzene rings is 2. The zero-order chi connectivity index (χ0) is 26.3. The lowest BCUT2D eigenvalue weighted by atomic mass is 10.0. The summed E-state index contributed by atoms with van der Waals surface area (Å²) < 4.78 is 16.7. The molecule has 2 amide bonds. The van der Waals surface area contributed by atoms with Gasteiger partial charge in [-0.2, -0.15) is 0 Å². The van der Waals surface area contributed by atoms with E-state index < -0.39 is 11.7 Å². The van der Waals surface area contributed by atoms with Crippen molar-refractivity contribution in [3.63, 3.8) is 0 Å². The summed E-state index contributed by atoms with van der Waals surface area (Å²) in [5, 5.41) is 2.78. The van der Waals surface area contributed by atoms with Crippen LogP contribution in [0.3, 0.4) is 0 Å². The quantitative estimate of drug-likeness (QED) is 0.433. The van der Waals surface area contributed by atoms with Crippen LogP contribution in [-0.2, 0) is 22.6 Å². The minimum Gasteiger partial charge on any atom is -0.490 e. The molecule has 8 nitrogen and oxygen atoms in total. The van der Waals surface area contributed by atoms with Crippen LogP contribution in [0.1, 0.15) is 38.3 Å². The first kappa shape index (κ1) is 26.0. The summed E-state index contributed by atoms with van der Waals surface area (Å²) >= 11 is 0. The number of aromatic nitrogens is 1. The molecule has 1 saturated heterocycles. The van der Waals surface area contributed by atoms with Crippen molar-refractivity contribution >= 4 is 12.2 Å². The smallest absolute Gasteiger partial charge is 0.410 e.